The van der Waals surface area contributed by atoms with Gasteiger partial charge in [0.1, 0.15) is 6.04 Å². The molecule has 2 atom stereocenters. The third kappa shape index (κ3) is 3.07. The highest BCUT2D eigenvalue weighted by Gasteiger charge is 2.47. The van der Waals surface area contributed by atoms with Crippen LogP contribution in [0.15, 0.2) is 48.5 Å². The van der Waals surface area contributed by atoms with Crippen LogP contribution in [0.2, 0.25) is 0 Å². The second-order valence-electron chi connectivity index (χ2n) is 8.36. The molecule has 1 aromatic heterocycles. The third-order valence-corrected chi connectivity index (χ3v) is 6.48. The number of esters is 1. The quantitative estimate of drug-likeness (QED) is 0.644. The molecule has 1 unspecified atom stereocenters. The van der Waals surface area contributed by atoms with Gasteiger partial charge in [-0.1, -0.05) is 37.3 Å². The van der Waals surface area contributed by atoms with E-state index in [0.717, 1.165) is 34.1 Å². The van der Waals surface area contributed by atoms with Gasteiger partial charge in [-0.3, -0.25) is 9.59 Å². The van der Waals surface area contributed by atoms with Gasteiger partial charge in [0.15, 0.2) is 0 Å². The summed E-state index contributed by atoms with van der Waals surface area (Å²) in [6, 6.07) is 14.1. The number of methoxy groups -OCH3 is 1. The summed E-state index contributed by atoms with van der Waals surface area (Å²) in [4.78, 5) is 45.5. The van der Waals surface area contributed by atoms with Gasteiger partial charge in [0.05, 0.1) is 25.3 Å². The number of para-hydroxylation sites is 1. The topological polar surface area (TPSA) is 82.7 Å². The van der Waals surface area contributed by atoms with Crippen molar-refractivity contribution in [2.24, 2.45) is 0 Å². The molecule has 7 heteroatoms. The minimum Gasteiger partial charge on any atom is -0.465 e. The van der Waals surface area contributed by atoms with Gasteiger partial charge < -0.3 is 19.5 Å². The van der Waals surface area contributed by atoms with Crippen LogP contribution in [0.1, 0.15) is 46.6 Å². The molecular weight excluding hydrogens is 406 g/mol. The predicted molar refractivity (Wildman–Crippen MR) is 119 cm³/mol. The van der Waals surface area contributed by atoms with Gasteiger partial charge in [-0.25, -0.2) is 4.79 Å². The molecule has 2 aliphatic heterocycles. The van der Waals surface area contributed by atoms with Crippen LogP contribution in [0.5, 0.6) is 0 Å². The zero-order valence-electron chi connectivity index (χ0n) is 18.1. The molecule has 7 nitrogen and oxygen atoms in total. The number of carbonyl (C=O) groups excluding carboxylic acids is 3. The van der Waals surface area contributed by atoms with Crippen LogP contribution >= 0.6 is 0 Å². The number of hydrogen-bond donors (Lipinski definition) is 1. The zero-order valence-corrected chi connectivity index (χ0v) is 18.1. The number of H-pyrrole nitrogens is 1. The Kier molecular flexibility index (Phi) is 4.96. The molecule has 0 spiro atoms. The van der Waals surface area contributed by atoms with Crippen molar-refractivity contribution in [1.29, 1.82) is 0 Å². The lowest BCUT2D eigenvalue weighted by Crippen LogP contribution is -2.63. The highest BCUT2D eigenvalue weighted by atomic mass is 16.5. The fraction of sp³-hybridized carbons (Fsp3) is 0.320. The Morgan fingerprint density at radius 3 is 2.59 bits per heavy atom. The Bertz CT molecular complexity index is 1210. The molecule has 2 amide bonds. The fourth-order valence-corrected chi connectivity index (χ4v) is 5.05. The summed E-state index contributed by atoms with van der Waals surface area (Å²) in [7, 11) is 1.35. The second kappa shape index (κ2) is 7.82. The summed E-state index contributed by atoms with van der Waals surface area (Å²) in [5.41, 5.74) is 4.27. The molecule has 5 rings (SSSR count). The summed E-state index contributed by atoms with van der Waals surface area (Å²) in [6.45, 7) is 2.68. The smallest absolute Gasteiger partial charge is 0.337 e. The van der Waals surface area contributed by atoms with Crippen molar-refractivity contribution in [2.45, 2.75) is 31.8 Å². The molecule has 2 aromatic carbocycles. The first-order valence-corrected chi connectivity index (χ1v) is 10.9. The maximum atomic E-state index is 13.4. The van der Waals surface area contributed by atoms with Crippen LogP contribution in [-0.2, 0) is 20.7 Å². The number of piperazine rings is 1. The molecule has 1 fully saturated rings. The molecule has 3 heterocycles. The number of aromatic amines is 1. The summed E-state index contributed by atoms with van der Waals surface area (Å²) >= 11 is 0. The van der Waals surface area contributed by atoms with E-state index in [9.17, 15) is 14.4 Å². The molecule has 0 saturated carbocycles. The van der Waals surface area contributed by atoms with Gasteiger partial charge in [0.25, 0.3) is 0 Å². The number of fused-ring (bicyclic) bond motifs is 4. The van der Waals surface area contributed by atoms with Gasteiger partial charge in [0, 0.05) is 29.6 Å². The number of nitrogens with one attached hydrogen (secondary N) is 1. The Morgan fingerprint density at radius 2 is 1.88 bits per heavy atom. The van der Waals surface area contributed by atoms with Crippen molar-refractivity contribution in [2.75, 3.05) is 20.2 Å². The van der Waals surface area contributed by atoms with Gasteiger partial charge in [-0.05, 0) is 35.7 Å². The number of nitrogens with zero attached hydrogens (tertiary/aromatic N) is 2. The minimum absolute atomic E-state index is 0.00133. The van der Waals surface area contributed by atoms with Gasteiger partial charge >= 0.3 is 5.97 Å². The number of hydrogen-bond acceptors (Lipinski definition) is 4. The third-order valence-electron chi connectivity index (χ3n) is 6.48. The van der Waals surface area contributed by atoms with E-state index < -0.39 is 18.1 Å². The maximum Gasteiger partial charge on any atom is 0.337 e. The summed E-state index contributed by atoms with van der Waals surface area (Å²) < 4.78 is 4.81. The van der Waals surface area contributed by atoms with Crippen LogP contribution in [0.25, 0.3) is 10.9 Å². The average molecular weight is 431 g/mol. The van der Waals surface area contributed by atoms with E-state index in [1.807, 2.05) is 37.3 Å². The average Bonchev–Trinajstić information content (AvgIpc) is 3.19. The zero-order chi connectivity index (χ0) is 22.4. The molecule has 0 radical (unpaired) electrons. The summed E-state index contributed by atoms with van der Waals surface area (Å²) in [5.74, 6) is -0.475. The van der Waals surface area contributed by atoms with Crippen molar-refractivity contribution in [1.82, 2.24) is 14.8 Å². The summed E-state index contributed by atoms with van der Waals surface area (Å²) in [5, 5.41) is 1.08. The van der Waals surface area contributed by atoms with E-state index in [0.29, 0.717) is 18.5 Å². The van der Waals surface area contributed by atoms with Crippen molar-refractivity contribution >= 4 is 28.7 Å². The highest BCUT2D eigenvalue weighted by molar-refractivity contribution is 5.97. The predicted octanol–water partition coefficient (Wildman–Crippen LogP) is 3.05. The Labute approximate surface area is 185 Å². The van der Waals surface area contributed by atoms with Crippen molar-refractivity contribution in [3.05, 3.63) is 70.9 Å². The number of amides is 2. The number of carbonyl (C=O) groups is 3. The number of benzene rings is 2. The first kappa shape index (κ1) is 20.3. The molecule has 1 N–H and O–H groups in total. The molecule has 32 heavy (non-hydrogen) atoms. The van der Waals surface area contributed by atoms with E-state index in [1.165, 1.54) is 7.11 Å². The lowest BCUT2D eigenvalue weighted by molar-refractivity contribution is -0.158. The minimum atomic E-state index is -0.542. The van der Waals surface area contributed by atoms with Crippen molar-refractivity contribution in [3.63, 3.8) is 0 Å². The monoisotopic (exact) mass is 431 g/mol. The molecule has 3 aromatic rings. The maximum absolute atomic E-state index is 13.4. The summed E-state index contributed by atoms with van der Waals surface area (Å²) in [6.07, 6.45) is 1.30. The lowest BCUT2D eigenvalue weighted by Gasteiger charge is -2.47. The van der Waals surface area contributed by atoms with E-state index in [-0.39, 0.29) is 18.4 Å². The van der Waals surface area contributed by atoms with Gasteiger partial charge in [0.2, 0.25) is 11.8 Å². The molecule has 0 aliphatic carbocycles. The van der Waals surface area contributed by atoms with Gasteiger partial charge in [-0.15, -0.1) is 0 Å². The molecule has 1 saturated heterocycles. The van der Waals surface area contributed by atoms with Crippen LogP contribution in [0, 0.1) is 0 Å². The molecular formula is C25H25N3O4. The number of ether oxygens (including phenoxy) is 1. The number of aromatic nitrogens is 1. The van der Waals surface area contributed by atoms with E-state index in [1.54, 1.807) is 21.9 Å². The largest absolute Gasteiger partial charge is 0.465 e. The SMILES string of the molecule is CCCN1CC(=O)N2C(c3ccc(C(=O)OC)cc3)c3[nH]c4ccccc4c3C[C@H]2C1=O. The molecule has 2 aliphatic rings. The standard InChI is InChI=1S/C25H25N3O4/c1-3-12-27-14-21(29)28-20(24(27)30)13-18-17-6-4-5-7-19(17)26-22(18)23(28)15-8-10-16(11-9-15)25(31)32-2/h4-11,20,23,26H,3,12-14H2,1-2H3/t20-,23?/m0/s1. The van der Waals surface area contributed by atoms with E-state index in [4.69, 9.17) is 4.74 Å². The number of rotatable bonds is 4. The molecule has 164 valence electrons. The Morgan fingerprint density at radius 1 is 1.12 bits per heavy atom. The van der Waals surface area contributed by atoms with Crippen LogP contribution in [0.3, 0.4) is 0 Å². The van der Waals surface area contributed by atoms with Crippen molar-refractivity contribution < 1.29 is 19.1 Å². The van der Waals surface area contributed by atoms with Crippen LogP contribution in [-0.4, -0.2) is 58.8 Å². The lowest BCUT2D eigenvalue weighted by atomic mass is 9.86. The first-order chi connectivity index (χ1) is 15.5. The fourth-order valence-electron chi connectivity index (χ4n) is 5.05. The Balaban J connectivity index is 1.66. The van der Waals surface area contributed by atoms with E-state index in [2.05, 4.69) is 11.1 Å². The second-order valence-corrected chi connectivity index (χ2v) is 8.36. The van der Waals surface area contributed by atoms with Crippen LogP contribution < -0.4 is 0 Å². The van der Waals surface area contributed by atoms with Crippen LogP contribution in [0.4, 0.5) is 0 Å². The van der Waals surface area contributed by atoms with Crippen molar-refractivity contribution in [3.8, 4) is 0 Å². The Hall–Kier alpha value is -3.61. The van der Waals surface area contributed by atoms with E-state index >= 15 is 0 Å². The normalized spacial score (nSPS) is 20.3. The highest BCUT2D eigenvalue weighted by Crippen LogP contribution is 2.42. The first-order valence-electron chi connectivity index (χ1n) is 10.9. The van der Waals surface area contributed by atoms with Gasteiger partial charge in [-0.2, -0.15) is 0 Å². The molecule has 0 bridgehead atoms.